The third-order valence-corrected chi connectivity index (χ3v) is 3.65. The number of halogens is 3. The molecule has 0 heterocycles. The minimum atomic E-state index is -4.65. The largest absolute Gasteiger partial charge is 0.573 e. The van der Waals surface area contributed by atoms with Gasteiger partial charge >= 0.3 is 6.36 Å². The van der Waals surface area contributed by atoms with Gasteiger partial charge in [0.1, 0.15) is 5.75 Å². The Morgan fingerprint density at radius 1 is 1.15 bits per heavy atom. The first-order valence-electron chi connectivity index (χ1n) is 6.80. The molecule has 2 rings (SSSR count). The van der Waals surface area contributed by atoms with E-state index in [4.69, 9.17) is 5.73 Å². The lowest BCUT2D eigenvalue weighted by molar-refractivity contribution is -0.274. The average molecular weight is 288 g/mol. The predicted octanol–water partition coefficient (Wildman–Crippen LogP) is 3.51. The van der Waals surface area contributed by atoms with Gasteiger partial charge in [0.15, 0.2) is 0 Å². The Morgan fingerprint density at radius 2 is 1.80 bits per heavy atom. The van der Waals surface area contributed by atoms with Crippen molar-refractivity contribution in [3.05, 3.63) is 24.3 Å². The number of anilines is 1. The number of hydrogen-bond acceptors (Lipinski definition) is 3. The summed E-state index contributed by atoms with van der Waals surface area (Å²) in [6.45, 7) is 0.632. The van der Waals surface area contributed by atoms with Crippen molar-refractivity contribution >= 4 is 5.69 Å². The number of nitrogens with one attached hydrogen (secondary N) is 1. The first-order chi connectivity index (χ1) is 9.48. The fourth-order valence-electron chi connectivity index (χ4n) is 2.65. The third kappa shape index (κ3) is 4.30. The monoisotopic (exact) mass is 288 g/mol. The molecule has 20 heavy (non-hydrogen) atoms. The molecular weight excluding hydrogens is 269 g/mol. The fourth-order valence-corrected chi connectivity index (χ4v) is 2.65. The second kappa shape index (κ2) is 6.35. The molecule has 112 valence electrons. The van der Waals surface area contributed by atoms with Gasteiger partial charge in [-0.2, -0.15) is 0 Å². The summed E-state index contributed by atoms with van der Waals surface area (Å²) in [4.78, 5) is 0. The van der Waals surface area contributed by atoms with E-state index in [-0.39, 0.29) is 5.75 Å². The van der Waals surface area contributed by atoms with Gasteiger partial charge in [0.05, 0.1) is 0 Å². The Balaban J connectivity index is 1.96. The van der Waals surface area contributed by atoms with Gasteiger partial charge in [0, 0.05) is 11.7 Å². The highest BCUT2D eigenvalue weighted by atomic mass is 19.4. The quantitative estimate of drug-likeness (QED) is 0.891. The average Bonchev–Trinajstić information content (AvgIpc) is 2.40. The first-order valence-corrected chi connectivity index (χ1v) is 6.80. The van der Waals surface area contributed by atoms with Gasteiger partial charge in [-0.15, -0.1) is 13.2 Å². The van der Waals surface area contributed by atoms with E-state index < -0.39 is 6.36 Å². The summed E-state index contributed by atoms with van der Waals surface area (Å²) in [5.74, 6) is 0.219. The lowest BCUT2D eigenvalue weighted by Gasteiger charge is -2.32. The van der Waals surface area contributed by atoms with Gasteiger partial charge in [-0.05, 0) is 49.6 Å². The van der Waals surface area contributed by atoms with Crippen LogP contribution in [0.2, 0.25) is 0 Å². The number of ether oxygens (including phenoxy) is 1. The molecule has 1 aromatic rings. The molecule has 3 nitrogen and oxygen atoms in total. The maximum absolute atomic E-state index is 12.1. The van der Waals surface area contributed by atoms with Crippen LogP contribution in [-0.2, 0) is 0 Å². The first kappa shape index (κ1) is 15.0. The molecule has 0 radical (unpaired) electrons. The molecule has 1 aliphatic rings. The molecule has 2 unspecified atom stereocenters. The van der Waals surface area contributed by atoms with E-state index in [0.717, 1.165) is 24.9 Å². The van der Waals surface area contributed by atoms with Crippen LogP contribution in [0.4, 0.5) is 18.9 Å². The molecular formula is C14H19F3N2O. The lowest BCUT2D eigenvalue weighted by Crippen LogP contribution is -2.36. The van der Waals surface area contributed by atoms with Crippen molar-refractivity contribution in [2.45, 2.75) is 38.1 Å². The maximum Gasteiger partial charge on any atom is 0.573 e. The Bertz CT molecular complexity index is 419. The highest BCUT2D eigenvalue weighted by Crippen LogP contribution is 2.28. The predicted molar refractivity (Wildman–Crippen MR) is 71.5 cm³/mol. The van der Waals surface area contributed by atoms with Crippen molar-refractivity contribution in [3.8, 4) is 5.75 Å². The number of hydrogen-bond donors (Lipinski definition) is 2. The van der Waals surface area contributed by atoms with Gasteiger partial charge in [-0.1, -0.05) is 12.8 Å². The summed E-state index contributed by atoms with van der Waals surface area (Å²) in [7, 11) is 0. The van der Waals surface area contributed by atoms with Crippen molar-refractivity contribution < 1.29 is 17.9 Å². The molecule has 1 aliphatic carbocycles. The van der Waals surface area contributed by atoms with E-state index in [2.05, 4.69) is 10.1 Å². The van der Waals surface area contributed by atoms with Crippen molar-refractivity contribution in [2.24, 2.45) is 11.7 Å². The molecule has 1 saturated carbocycles. The second-order valence-corrected chi connectivity index (χ2v) is 5.10. The molecule has 0 spiro atoms. The Morgan fingerprint density at radius 3 is 2.40 bits per heavy atom. The van der Waals surface area contributed by atoms with Gasteiger partial charge in [-0.3, -0.25) is 0 Å². The van der Waals surface area contributed by atoms with Crippen LogP contribution in [0.3, 0.4) is 0 Å². The van der Waals surface area contributed by atoms with Crippen LogP contribution >= 0.6 is 0 Å². The van der Waals surface area contributed by atoms with E-state index in [1.165, 1.54) is 18.6 Å². The van der Waals surface area contributed by atoms with Crippen LogP contribution in [0.25, 0.3) is 0 Å². The normalized spacial score (nSPS) is 23.4. The highest BCUT2D eigenvalue weighted by Gasteiger charge is 2.31. The lowest BCUT2D eigenvalue weighted by atomic mass is 9.84. The smallest absolute Gasteiger partial charge is 0.406 e. The van der Waals surface area contributed by atoms with Crippen LogP contribution in [0.1, 0.15) is 25.7 Å². The van der Waals surface area contributed by atoms with E-state index in [1.807, 2.05) is 0 Å². The summed E-state index contributed by atoms with van der Waals surface area (Å²) in [5, 5.41) is 3.36. The van der Waals surface area contributed by atoms with Crippen LogP contribution in [0, 0.1) is 5.92 Å². The minimum Gasteiger partial charge on any atom is -0.406 e. The van der Waals surface area contributed by atoms with Gasteiger partial charge in [0.2, 0.25) is 0 Å². The molecule has 1 aromatic carbocycles. The Hall–Kier alpha value is -1.43. The van der Waals surface area contributed by atoms with Crippen molar-refractivity contribution in [1.29, 1.82) is 0 Å². The summed E-state index contributed by atoms with van der Waals surface area (Å²) < 4.78 is 40.0. The number of nitrogens with two attached hydrogens (primary N) is 1. The van der Waals surface area contributed by atoms with Crippen LogP contribution in [0.15, 0.2) is 24.3 Å². The highest BCUT2D eigenvalue weighted by molar-refractivity contribution is 5.47. The van der Waals surface area contributed by atoms with Crippen LogP contribution in [0.5, 0.6) is 5.75 Å². The van der Waals surface area contributed by atoms with Crippen molar-refractivity contribution in [2.75, 3.05) is 11.9 Å². The van der Waals surface area contributed by atoms with Gasteiger partial charge < -0.3 is 15.8 Å². The van der Waals surface area contributed by atoms with E-state index in [1.54, 1.807) is 12.1 Å². The molecule has 6 heteroatoms. The number of rotatable bonds is 4. The van der Waals surface area contributed by atoms with Crippen molar-refractivity contribution in [3.63, 3.8) is 0 Å². The van der Waals surface area contributed by atoms with E-state index in [9.17, 15) is 13.2 Å². The topological polar surface area (TPSA) is 47.3 Å². The Kier molecular flexibility index (Phi) is 4.75. The number of benzene rings is 1. The molecule has 3 N–H and O–H groups in total. The minimum absolute atomic E-state index is 0.206. The molecule has 0 saturated heterocycles. The standard InChI is InChI=1S/C14H19F3N2O/c15-14(16,17)20-12-7-5-11(6-8-12)19-13-4-2-1-3-10(13)9-18/h5-8,10,13,19H,1-4,9,18H2. The summed E-state index contributed by atoms with van der Waals surface area (Å²) >= 11 is 0. The molecule has 0 aromatic heterocycles. The summed E-state index contributed by atoms with van der Waals surface area (Å²) in [6.07, 6.45) is -0.156. The van der Waals surface area contributed by atoms with Gasteiger partial charge in [0.25, 0.3) is 0 Å². The fraction of sp³-hybridized carbons (Fsp3) is 0.571. The van der Waals surface area contributed by atoms with E-state index in [0.29, 0.717) is 18.5 Å². The van der Waals surface area contributed by atoms with Crippen molar-refractivity contribution in [1.82, 2.24) is 0 Å². The molecule has 0 aliphatic heterocycles. The van der Waals surface area contributed by atoms with Gasteiger partial charge in [-0.25, -0.2) is 0 Å². The summed E-state index contributed by atoms with van der Waals surface area (Å²) in [5.41, 5.74) is 6.55. The molecule has 2 atom stereocenters. The zero-order valence-electron chi connectivity index (χ0n) is 11.1. The van der Waals surface area contributed by atoms with Crippen LogP contribution in [-0.4, -0.2) is 18.9 Å². The van der Waals surface area contributed by atoms with Crippen LogP contribution < -0.4 is 15.8 Å². The SMILES string of the molecule is NCC1CCCCC1Nc1ccc(OC(F)(F)F)cc1. The zero-order chi connectivity index (χ0) is 14.6. The molecule has 1 fully saturated rings. The molecule has 0 amide bonds. The maximum atomic E-state index is 12.1. The second-order valence-electron chi connectivity index (χ2n) is 5.10. The summed E-state index contributed by atoms with van der Waals surface area (Å²) in [6, 6.07) is 6.13. The van der Waals surface area contributed by atoms with E-state index >= 15 is 0 Å². The third-order valence-electron chi connectivity index (χ3n) is 3.65. The zero-order valence-corrected chi connectivity index (χ0v) is 11.1. The molecule has 0 bridgehead atoms. The number of alkyl halides is 3. The Labute approximate surface area is 116 Å².